The summed E-state index contributed by atoms with van der Waals surface area (Å²) in [5.41, 5.74) is 0. The van der Waals surface area contributed by atoms with Gasteiger partial charge in [-0.3, -0.25) is 4.79 Å². The first-order valence-corrected chi connectivity index (χ1v) is 7.02. The van der Waals surface area contributed by atoms with Crippen molar-refractivity contribution >= 4 is 12.0 Å². The van der Waals surface area contributed by atoms with Gasteiger partial charge in [0.1, 0.15) is 0 Å². The molecule has 1 unspecified atom stereocenters. The van der Waals surface area contributed by atoms with Crippen LogP contribution in [-0.2, 0) is 4.79 Å². The van der Waals surface area contributed by atoms with Gasteiger partial charge in [0, 0.05) is 19.6 Å². The molecule has 0 aromatic carbocycles. The largest absolute Gasteiger partial charge is 0.481 e. The number of piperidine rings is 2. The van der Waals surface area contributed by atoms with Gasteiger partial charge in [0.25, 0.3) is 0 Å². The summed E-state index contributed by atoms with van der Waals surface area (Å²) in [6.45, 7) is 1.72. The molecule has 2 heterocycles. The van der Waals surface area contributed by atoms with Gasteiger partial charge < -0.3 is 20.0 Å². The zero-order valence-electron chi connectivity index (χ0n) is 11.1. The average molecular weight is 270 g/mol. The van der Waals surface area contributed by atoms with Gasteiger partial charge in [-0.15, -0.1) is 0 Å². The highest BCUT2D eigenvalue weighted by atomic mass is 16.4. The fraction of sp³-hybridized carbons (Fsp3) is 0.846. The van der Waals surface area contributed by atoms with Crippen molar-refractivity contribution in [3.63, 3.8) is 0 Å². The number of likely N-dealkylation sites (tertiary alicyclic amines) is 2. The van der Waals surface area contributed by atoms with Crippen molar-refractivity contribution in [2.45, 2.75) is 38.1 Å². The van der Waals surface area contributed by atoms with Gasteiger partial charge in [0.2, 0.25) is 0 Å². The van der Waals surface area contributed by atoms with E-state index in [1.165, 1.54) is 0 Å². The van der Waals surface area contributed by atoms with Crippen molar-refractivity contribution in [1.82, 2.24) is 9.80 Å². The Kier molecular flexibility index (Phi) is 4.63. The predicted octanol–water partition coefficient (Wildman–Crippen LogP) is 0.750. The van der Waals surface area contributed by atoms with Crippen LogP contribution in [0.3, 0.4) is 0 Å². The molecule has 0 saturated carbocycles. The number of amides is 2. The van der Waals surface area contributed by atoms with Crippen LogP contribution < -0.4 is 0 Å². The average Bonchev–Trinajstić information content (AvgIpc) is 2.46. The van der Waals surface area contributed by atoms with Crippen LogP contribution in [0.2, 0.25) is 0 Å². The van der Waals surface area contributed by atoms with Crippen LogP contribution in [0.25, 0.3) is 0 Å². The molecule has 0 spiro atoms. The summed E-state index contributed by atoms with van der Waals surface area (Å²) >= 11 is 0. The van der Waals surface area contributed by atoms with Gasteiger partial charge in [-0.1, -0.05) is 0 Å². The lowest BCUT2D eigenvalue weighted by Crippen LogP contribution is -2.53. The molecule has 108 valence electrons. The van der Waals surface area contributed by atoms with E-state index in [4.69, 9.17) is 5.11 Å². The molecular formula is C13H22N2O4. The van der Waals surface area contributed by atoms with Crippen LogP contribution in [0.5, 0.6) is 0 Å². The van der Waals surface area contributed by atoms with Crippen LogP contribution in [-0.4, -0.2) is 64.3 Å². The number of aliphatic carboxylic acids is 1. The van der Waals surface area contributed by atoms with Crippen LogP contribution in [0, 0.1) is 5.92 Å². The Hall–Kier alpha value is -1.30. The standard InChI is InChI=1S/C13H22N2O4/c16-9-11-3-1-2-6-15(11)13(19)14-7-4-10(5-8-14)12(17)18/h10-11,16H,1-9H2,(H,17,18). The van der Waals surface area contributed by atoms with Crippen molar-refractivity contribution in [1.29, 1.82) is 0 Å². The van der Waals surface area contributed by atoms with Crippen molar-refractivity contribution < 1.29 is 19.8 Å². The fourth-order valence-electron chi connectivity index (χ4n) is 2.94. The van der Waals surface area contributed by atoms with E-state index in [0.29, 0.717) is 32.5 Å². The Bertz CT molecular complexity index is 340. The highest BCUT2D eigenvalue weighted by Crippen LogP contribution is 2.22. The van der Waals surface area contributed by atoms with E-state index in [1.807, 2.05) is 0 Å². The second kappa shape index (κ2) is 6.23. The lowest BCUT2D eigenvalue weighted by Gasteiger charge is -2.40. The molecule has 2 aliphatic heterocycles. The number of carbonyl (C=O) groups excluding carboxylic acids is 1. The molecule has 0 aliphatic carbocycles. The first-order chi connectivity index (χ1) is 9.13. The number of nitrogens with zero attached hydrogens (tertiary/aromatic N) is 2. The van der Waals surface area contributed by atoms with E-state index in [9.17, 15) is 14.7 Å². The maximum atomic E-state index is 12.4. The van der Waals surface area contributed by atoms with Gasteiger partial charge in [0.15, 0.2) is 0 Å². The first-order valence-electron chi connectivity index (χ1n) is 7.02. The highest BCUT2D eigenvalue weighted by molar-refractivity contribution is 5.76. The van der Waals surface area contributed by atoms with Crippen LogP contribution in [0.1, 0.15) is 32.1 Å². The molecule has 0 aromatic heterocycles. The normalized spacial score (nSPS) is 25.4. The predicted molar refractivity (Wildman–Crippen MR) is 68.8 cm³/mol. The molecule has 2 amide bonds. The van der Waals surface area contributed by atoms with Gasteiger partial charge in [-0.2, -0.15) is 0 Å². The van der Waals surface area contributed by atoms with Gasteiger partial charge in [-0.05, 0) is 32.1 Å². The molecule has 19 heavy (non-hydrogen) atoms. The molecule has 2 saturated heterocycles. The summed E-state index contributed by atoms with van der Waals surface area (Å²) in [5.74, 6) is -1.09. The summed E-state index contributed by atoms with van der Waals surface area (Å²) in [6, 6.07) is -0.110. The van der Waals surface area contributed by atoms with Crippen LogP contribution in [0.4, 0.5) is 4.79 Å². The van der Waals surface area contributed by atoms with Gasteiger partial charge in [-0.25, -0.2) is 4.79 Å². The van der Waals surface area contributed by atoms with Gasteiger partial charge >= 0.3 is 12.0 Å². The topological polar surface area (TPSA) is 81.1 Å². The molecule has 2 aliphatic rings. The number of urea groups is 1. The fourth-order valence-corrected chi connectivity index (χ4v) is 2.94. The lowest BCUT2D eigenvalue weighted by atomic mass is 9.97. The van der Waals surface area contributed by atoms with Crippen LogP contribution in [0.15, 0.2) is 0 Å². The number of aliphatic hydroxyl groups is 1. The van der Waals surface area contributed by atoms with E-state index in [1.54, 1.807) is 9.80 Å². The second-order valence-electron chi connectivity index (χ2n) is 5.41. The number of rotatable bonds is 2. The second-order valence-corrected chi connectivity index (χ2v) is 5.41. The minimum atomic E-state index is -0.765. The Morgan fingerprint density at radius 3 is 2.32 bits per heavy atom. The van der Waals surface area contributed by atoms with E-state index in [0.717, 1.165) is 19.3 Å². The minimum Gasteiger partial charge on any atom is -0.481 e. The van der Waals surface area contributed by atoms with E-state index >= 15 is 0 Å². The Balaban J connectivity index is 1.91. The van der Waals surface area contributed by atoms with E-state index in [2.05, 4.69) is 0 Å². The third-order valence-electron chi connectivity index (χ3n) is 4.20. The van der Waals surface area contributed by atoms with Crippen molar-refractivity contribution in [2.75, 3.05) is 26.2 Å². The lowest BCUT2D eigenvalue weighted by molar-refractivity contribution is -0.143. The Labute approximate surface area is 113 Å². The van der Waals surface area contributed by atoms with Crippen molar-refractivity contribution in [2.24, 2.45) is 5.92 Å². The SMILES string of the molecule is O=C(O)C1CCN(C(=O)N2CCCCC2CO)CC1. The summed E-state index contributed by atoms with van der Waals surface area (Å²) in [7, 11) is 0. The molecule has 0 bridgehead atoms. The zero-order chi connectivity index (χ0) is 13.8. The quantitative estimate of drug-likeness (QED) is 0.776. The number of hydrogen-bond donors (Lipinski definition) is 2. The summed E-state index contributed by atoms with van der Waals surface area (Å²) in [4.78, 5) is 26.8. The molecule has 6 heteroatoms. The summed E-state index contributed by atoms with van der Waals surface area (Å²) in [6.07, 6.45) is 3.94. The van der Waals surface area contributed by atoms with Crippen molar-refractivity contribution in [3.05, 3.63) is 0 Å². The highest BCUT2D eigenvalue weighted by Gasteiger charge is 2.33. The Morgan fingerprint density at radius 1 is 1.05 bits per heavy atom. The molecule has 0 aromatic rings. The smallest absolute Gasteiger partial charge is 0.320 e. The first kappa shape index (κ1) is 14.1. The molecule has 2 rings (SSSR count). The minimum absolute atomic E-state index is 0.0112. The molecule has 6 nitrogen and oxygen atoms in total. The van der Waals surface area contributed by atoms with E-state index in [-0.39, 0.29) is 24.6 Å². The van der Waals surface area contributed by atoms with E-state index < -0.39 is 5.97 Å². The Morgan fingerprint density at radius 2 is 1.74 bits per heavy atom. The number of hydrogen-bond acceptors (Lipinski definition) is 3. The summed E-state index contributed by atoms with van der Waals surface area (Å²) in [5, 5.41) is 18.3. The number of carboxylic acid groups (broad SMARTS) is 1. The van der Waals surface area contributed by atoms with Gasteiger partial charge in [0.05, 0.1) is 18.6 Å². The molecule has 2 N–H and O–H groups in total. The monoisotopic (exact) mass is 270 g/mol. The molecular weight excluding hydrogens is 248 g/mol. The maximum Gasteiger partial charge on any atom is 0.320 e. The molecule has 1 atom stereocenters. The zero-order valence-corrected chi connectivity index (χ0v) is 11.1. The van der Waals surface area contributed by atoms with Crippen LogP contribution >= 0.6 is 0 Å². The molecule has 2 fully saturated rings. The number of aliphatic hydroxyl groups excluding tert-OH is 1. The third-order valence-corrected chi connectivity index (χ3v) is 4.20. The number of carbonyl (C=O) groups is 2. The number of carboxylic acids is 1. The molecule has 0 radical (unpaired) electrons. The van der Waals surface area contributed by atoms with Crippen molar-refractivity contribution in [3.8, 4) is 0 Å². The third kappa shape index (κ3) is 3.18. The summed E-state index contributed by atoms with van der Waals surface area (Å²) < 4.78 is 0. The maximum absolute atomic E-state index is 12.4.